The third-order valence-electron chi connectivity index (χ3n) is 3.05. The first-order valence-electron chi connectivity index (χ1n) is 6.06. The Morgan fingerprint density at radius 1 is 1.14 bits per heavy atom. The molecular weight excluding hydrogens is 359 g/mol. The van der Waals surface area contributed by atoms with E-state index in [0.717, 1.165) is 4.47 Å². The fourth-order valence-corrected chi connectivity index (χ4v) is 2.96. The number of aromatic nitrogens is 2. The Morgan fingerprint density at radius 2 is 1.90 bits per heavy atom. The molecule has 0 saturated carbocycles. The fraction of sp³-hybridized carbons (Fsp3) is 0.0667. The molecule has 0 N–H and O–H groups in total. The summed E-state index contributed by atoms with van der Waals surface area (Å²) in [6.07, 6.45) is 0. The van der Waals surface area contributed by atoms with E-state index in [1.807, 2.05) is 0 Å². The Morgan fingerprint density at radius 3 is 2.62 bits per heavy atom. The summed E-state index contributed by atoms with van der Waals surface area (Å²) in [5, 5.41) is 0.875. The van der Waals surface area contributed by atoms with E-state index in [9.17, 15) is 4.39 Å². The van der Waals surface area contributed by atoms with Crippen molar-refractivity contribution in [3.8, 4) is 17.1 Å². The van der Waals surface area contributed by atoms with Gasteiger partial charge < -0.3 is 4.74 Å². The quantitative estimate of drug-likeness (QED) is 0.607. The predicted molar refractivity (Wildman–Crippen MR) is 84.2 cm³/mol. The van der Waals surface area contributed by atoms with Crippen LogP contribution in [0.5, 0.6) is 5.75 Å². The van der Waals surface area contributed by atoms with Crippen molar-refractivity contribution >= 4 is 38.4 Å². The monoisotopic (exact) mass is 366 g/mol. The average Bonchev–Trinajstić information content (AvgIpc) is 2.47. The summed E-state index contributed by atoms with van der Waals surface area (Å²) < 4.78 is 20.0. The molecule has 3 aromatic rings. The van der Waals surface area contributed by atoms with Crippen molar-refractivity contribution in [2.75, 3.05) is 7.11 Å². The largest absolute Gasteiger partial charge is 0.494 e. The summed E-state index contributed by atoms with van der Waals surface area (Å²) in [5.41, 5.74) is 0.827. The molecule has 106 valence electrons. The van der Waals surface area contributed by atoms with E-state index in [0.29, 0.717) is 22.2 Å². The molecule has 0 radical (unpaired) electrons. The van der Waals surface area contributed by atoms with Gasteiger partial charge in [-0.05, 0) is 40.2 Å². The molecule has 0 spiro atoms. The van der Waals surface area contributed by atoms with E-state index in [1.165, 1.54) is 6.07 Å². The van der Waals surface area contributed by atoms with Gasteiger partial charge in [0.2, 0.25) is 0 Å². The van der Waals surface area contributed by atoms with Crippen molar-refractivity contribution in [3.05, 3.63) is 51.8 Å². The standard InChI is InChI=1S/C15H9BrClFN2O/c1-21-11-7-6-9(16)12-13(11)19-15(20-14(12)17)8-4-2-3-5-10(8)18/h2-7H,1H3. The lowest BCUT2D eigenvalue weighted by atomic mass is 10.1. The first-order chi connectivity index (χ1) is 10.1. The number of rotatable bonds is 2. The van der Waals surface area contributed by atoms with Crippen LogP contribution in [0.1, 0.15) is 0 Å². The summed E-state index contributed by atoms with van der Waals surface area (Å²) in [6, 6.07) is 9.86. The zero-order chi connectivity index (χ0) is 15.0. The van der Waals surface area contributed by atoms with Gasteiger partial charge in [0, 0.05) is 4.47 Å². The van der Waals surface area contributed by atoms with Gasteiger partial charge in [-0.1, -0.05) is 23.7 Å². The highest BCUT2D eigenvalue weighted by atomic mass is 79.9. The molecule has 0 unspecified atom stereocenters. The lowest BCUT2D eigenvalue weighted by Gasteiger charge is -2.10. The van der Waals surface area contributed by atoms with Gasteiger partial charge in [-0.3, -0.25) is 0 Å². The zero-order valence-electron chi connectivity index (χ0n) is 10.9. The number of ether oxygens (including phenoxy) is 1. The van der Waals surface area contributed by atoms with Crippen LogP contribution in [0.3, 0.4) is 0 Å². The molecule has 0 aliphatic heterocycles. The molecule has 1 heterocycles. The van der Waals surface area contributed by atoms with Gasteiger partial charge in [0.25, 0.3) is 0 Å². The second-order valence-electron chi connectivity index (χ2n) is 4.29. The van der Waals surface area contributed by atoms with Crippen molar-refractivity contribution in [3.63, 3.8) is 0 Å². The van der Waals surface area contributed by atoms with Gasteiger partial charge in [-0.15, -0.1) is 0 Å². The molecule has 0 bridgehead atoms. The molecule has 0 aliphatic rings. The topological polar surface area (TPSA) is 35.0 Å². The van der Waals surface area contributed by atoms with Gasteiger partial charge in [0.05, 0.1) is 18.1 Å². The molecule has 3 nitrogen and oxygen atoms in total. The summed E-state index contributed by atoms with van der Waals surface area (Å²) >= 11 is 9.65. The normalized spacial score (nSPS) is 10.9. The van der Waals surface area contributed by atoms with Crippen LogP contribution in [0.2, 0.25) is 5.15 Å². The zero-order valence-corrected chi connectivity index (χ0v) is 13.2. The molecular formula is C15H9BrClFN2O. The van der Waals surface area contributed by atoms with Gasteiger partial charge in [0.15, 0.2) is 5.82 Å². The van der Waals surface area contributed by atoms with Crippen molar-refractivity contribution in [1.29, 1.82) is 0 Å². The SMILES string of the molecule is COc1ccc(Br)c2c(Cl)nc(-c3ccccc3F)nc12. The summed E-state index contributed by atoms with van der Waals surface area (Å²) in [7, 11) is 1.54. The Bertz CT molecular complexity index is 841. The highest BCUT2D eigenvalue weighted by molar-refractivity contribution is 9.10. The molecule has 0 saturated heterocycles. The Labute approximate surface area is 133 Å². The Hall–Kier alpha value is -1.72. The summed E-state index contributed by atoms with van der Waals surface area (Å²) in [6.45, 7) is 0. The highest BCUT2D eigenvalue weighted by Crippen LogP contribution is 2.36. The molecule has 1 aromatic heterocycles. The molecule has 6 heteroatoms. The van der Waals surface area contributed by atoms with Crippen LogP contribution in [-0.4, -0.2) is 17.1 Å². The first kappa shape index (κ1) is 14.2. The van der Waals surface area contributed by atoms with Gasteiger partial charge in [-0.2, -0.15) is 0 Å². The maximum atomic E-state index is 13.9. The molecule has 0 atom stereocenters. The minimum atomic E-state index is -0.401. The predicted octanol–water partition coefficient (Wildman–Crippen LogP) is 4.86. The van der Waals surface area contributed by atoms with Crippen molar-refractivity contribution < 1.29 is 9.13 Å². The second-order valence-corrected chi connectivity index (χ2v) is 5.50. The van der Waals surface area contributed by atoms with Crippen molar-refractivity contribution in [2.45, 2.75) is 0 Å². The fourth-order valence-electron chi connectivity index (χ4n) is 2.06. The van der Waals surface area contributed by atoms with Crippen molar-refractivity contribution in [2.24, 2.45) is 0 Å². The average molecular weight is 368 g/mol. The van der Waals surface area contributed by atoms with Crippen LogP contribution in [-0.2, 0) is 0 Å². The minimum Gasteiger partial charge on any atom is -0.494 e. The summed E-state index contributed by atoms with van der Waals surface area (Å²) in [4.78, 5) is 8.61. The number of halogens is 3. The van der Waals surface area contributed by atoms with Crippen LogP contribution in [0.4, 0.5) is 4.39 Å². The van der Waals surface area contributed by atoms with Crippen molar-refractivity contribution in [1.82, 2.24) is 9.97 Å². The smallest absolute Gasteiger partial charge is 0.164 e. The lowest BCUT2D eigenvalue weighted by Crippen LogP contribution is -1.96. The maximum absolute atomic E-state index is 13.9. The number of hydrogen-bond donors (Lipinski definition) is 0. The van der Waals surface area contributed by atoms with Crippen LogP contribution in [0.15, 0.2) is 40.9 Å². The van der Waals surface area contributed by atoms with E-state index in [-0.39, 0.29) is 11.0 Å². The Kier molecular flexibility index (Phi) is 3.78. The minimum absolute atomic E-state index is 0.224. The molecule has 21 heavy (non-hydrogen) atoms. The van der Waals surface area contributed by atoms with Crippen LogP contribution in [0, 0.1) is 5.82 Å². The van der Waals surface area contributed by atoms with E-state index in [2.05, 4.69) is 25.9 Å². The van der Waals surface area contributed by atoms with E-state index < -0.39 is 5.82 Å². The molecule has 0 aliphatic carbocycles. The summed E-state index contributed by atoms with van der Waals surface area (Å²) in [5.74, 6) is 0.374. The van der Waals surface area contributed by atoms with Crippen LogP contribution < -0.4 is 4.74 Å². The van der Waals surface area contributed by atoms with Crippen LogP contribution >= 0.6 is 27.5 Å². The maximum Gasteiger partial charge on any atom is 0.164 e. The third kappa shape index (κ3) is 2.47. The first-order valence-corrected chi connectivity index (χ1v) is 7.23. The van der Waals surface area contributed by atoms with E-state index >= 15 is 0 Å². The number of benzene rings is 2. The second kappa shape index (κ2) is 5.58. The third-order valence-corrected chi connectivity index (χ3v) is 3.99. The van der Waals surface area contributed by atoms with Gasteiger partial charge >= 0.3 is 0 Å². The lowest BCUT2D eigenvalue weighted by molar-refractivity contribution is 0.419. The molecule has 2 aromatic carbocycles. The number of methoxy groups -OCH3 is 1. The van der Waals surface area contributed by atoms with Crippen LogP contribution in [0.25, 0.3) is 22.3 Å². The van der Waals surface area contributed by atoms with E-state index in [1.54, 1.807) is 37.4 Å². The van der Waals surface area contributed by atoms with Gasteiger partial charge in [0.1, 0.15) is 22.2 Å². The number of nitrogens with zero attached hydrogens (tertiary/aromatic N) is 2. The molecule has 0 amide bonds. The molecule has 0 fully saturated rings. The number of hydrogen-bond acceptors (Lipinski definition) is 3. The van der Waals surface area contributed by atoms with E-state index in [4.69, 9.17) is 16.3 Å². The Balaban J connectivity index is 2.35. The highest BCUT2D eigenvalue weighted by Gasteiger charge is 2.16. The number of fused-ring (bicyclic) bond motifs is 1. The molecule has 3 rings (SSSR count). The van der Waals surface area contributed by atoms with Gasteiger partial charge in [-0.25, -0.2) is 14.4 Å².